The maximum Gasteiger partial charge on any atom is 0.416 e. The van der Waals surface area contributed by atoms with Gasteiger partial charge in [0, 0.05) is 20.6 Å². The van der Waals surface area contributed by atoms with Crippen LogP contribution in [0.2, 0.25) is 0 Å². The highest BCUT2D eigenvalue weighted by Gasteiger charge is 2.31. The van der Waals surface area contributed by atoms with Gasteiger partial charge in [-0.05, 0) is 17.7 Å². The summed E-state index contributed by atoms with van der Waals surface area (Å²) in [5.41, 5.74) is -0.911. The molecule has 0 saturated carbocycles. The van der Waals surface area contributed by atoms with Gasteiger partial charge >= 0.3 is 6.18 Å². The number of halogens is 3. The van der Waals surface area contributed by atoms with E-state index >= 15 is 0 Å². The van der Waals surface area contributed by atoms with Crippen molar-refractivity contribution in [2.75, 3.05) is 20.6 Å². The normalized spacial score (nSPS) is 14.6. The largest absolute Gasteiger partial charge is 0.416 e. The van der Waals surface area contributed by atoms with E-state index in [0.717, 1.165) is 22.5 Å². The first-order valence-corrected chi connectivity index (χ1v) is 7.00. The van der Waals surface area contributed by atoms with Crippen molar-refractivity contribution in [1.29, 1.82) is 0 Å². The van der Waals surface area contributed by atoms with E-state index in [-0.39, 0.29) is 5.56 Å². The first-order chi connectivity index (χ1) is 9.04. The van der Waals surface area contributed by atoms with E-state index in [1.54, 1.807) is 0 Å². The van der Waals surface area contributed by atoms with Gasteiger partial charge in [-0.25, -0.2) is 0 Å². The van der Waals surface area contributed by atoms with E-state index in [2.05, 4.69) is 4.72 Å². The van der Waals surface area contributed by atoms with Gasteiger partial charge in [0.05, 0.1) is 11.7 Å². The van der Waals surface area contributed by atoms with Crippen molar-refractivity contribution in [3.05, 3.63) is 35.4 Å². The number of alkyl halides is 3. The third-order valence-electron chi connectivity index (χ3n) is 2.54. The second-order valence-corrected chi connectivity index (χ2v) is 6.24. The highest BCUT2D eigenvalue weighted by atomic mass is 32.2. The zero-order valence-electron chi connectivity index (χ0n) is 10.8. The Bertz CT molecular complexity index is 558. The van der Waals surface area contributed by atoms with E-state index < -0.39 is 34.6 Å². The van der Waals surface area contributed by atoms with Crippen molar-refractivity contribution < 1.29 is 26.7 Å². The quantitative estimate of drug-likeness (QED) is 0.856. The molecule has 1 rings (SSSR count). The molecule has 0 bridgehead atoms. The molecule has 1 aromatic rings. The maximum absolute atomic E-state index is 12.5. The van der Waals surface area contributed by atoms with Gasteiger partial charge in [0.25, 0.3) is 10.2 Å². The van der Waals surface area contributed by atoms with Crippen LogP contribution in [0.15, 0.2) is 24.3 Å². The molecule has 0 spiro atoms. The number of aliphatic hydroxyl groups is 1. The Labute approximate surface area is 115 Å². The van der Waals surface area contributed by atoms with E-state index in [0.29, 0.717) is 0 Å². The molecule has 0 aliphatic rings. The third kappa shape index (κ3) is 4.44. The van der Waals surface area contributed by atoms with Gasteiger partial charge in [0.1, 0.15) is 0 Å². The minimum absolute atomic E-state index is 0.0127. The molecule has 0 aromatic heterocycles. The predicted octanol–water partition coefficient (Wildman–Crippen LogP) is 1.13. The number of nitrogens with one attached hydrogen (secondary N) is 1. The summed E-state index contributed by atoms with van der Waals surface area (Å²) in [7, 11) is -1.16. The minimum Gasteiger partial charge on any atom is -0.387 e. The van der Waals surface area contributed by atoms with Crippen LogP contribution < -0.4 is 4.72 Å². The van der Waals surface area contributed by atoms with Gasteiger partial charge in [-0.2, -0.15) is 30.6 Å². The average Bonchev–Trinajstić information content (AvgIpc) is 2.35. The molecule has 5 nitrogen and oxygen atoms in total. The molecule has 114 valence electrons. The zero-order valence-corrected chi connectivity index (χ0v) is 11.7. The number of rotatable bonds is 5. The van der Waals surface area contributed by atoms with Crippen LogP contribution in [0, 0.1) is 0 Å². The van der Waals surface area contributed by atoms with Crippen molar-refractivity contribution in [2.45, 2.75) is 12.3 Å². The minimum atomic E-state index is -4.52. The Balaban J connectivity index is 2.81. The molecule has 0 aliphatic carbocycles. The van der Waals surface area contributed by atoms with Crippen LogP contribution in [-0.4, -0.2) is 38.5 Å². The fourth-order valence-electron chi connectivity index (χ4n) is 1.35. The van der Waals surface area contributed by atoms with Gasteiger partial charge in [-0.3, -0.25) is 0 Å². The van der Waals surface area contributed by atoms with E-state index in [9.17, 15) is 26.7 Å². The van der Waals surface area contributed by atoms with Crippen LogP contribution >= 0.6 is 0 Å². The summed E-state index contributed by atoms with van der Waals surface area (Å²) in [4.78, 5) is 0. The molecule has 0 heterocycles. The Morgan fingerprint density at radius 3 is 2.45 bits per heavy atom. The highest BCUT2D eigenvalue weighted by molar-refractivity contribution is 7.87. The van der Waals surface area contributed by atoms with Crippen LogP contribution in [0.25, 0.3) is 0 Å². The Hall–Kier alpha value is -1.16. The smallest absolute Gasteiger partial charge is 0.387 e. The van der Waals surface area contributed by atoms with E-state index in [1.165, 1.54) is 20.2 Å². The summed E-state index contributed by atoms with van der Waals surface area (Å²) in [6.45, 7) is -0.415. The van der Waals surface area contributed by atoms with Crippen LogP contribution in [0.1, 0.15) is 17.2 Å². The van der Waals surface area contributed by atoms with Crippen molar-refractivity contribution >= 4 is 10.2 Å². The molecular weight excluding hydrogens is 297 g/mol. The molecule has 20 heavy (non-hydrogen) atoms. The lowest BCUT2D eigenvalue weighted by molar-refractivity contribution is -0.137. The summed E-state index contributed by atoms with van der Waals surface area (Å²) in [5, 5.41) is 9.74. The lowest BCUT2D eigenvalue weighted by Gasteiger charge is -2.16. The number of nitrogens with zero attached hydrogens (tertiary/aromatic N) is 1. The standard InChI is InChI=1S/C11H15F3N2O3S/c1-16(2)20(18,19)15-7-10(17)8-4-3-5-9(6-8)11(12,13)14/h3-6,10,15,17H,7H2,1-2H3/t10-/m1/s1. The molecule has 0 fully saturated rings. The Morgan fingerprint density at radius 2 is 1.95 bits per heavy atom. The second kappa shape index (κ2) is 6.08. The van der Waals surface area contributed by atoms with Crippen LogP contribution in [0.4, 0.5) is 13.2 Å². The van der Waals surface area contributed by atoms with Crippen molar-refractivity contribution in [3.63, 3.8) is 0 Å². The molecule has 1 atom stereocenters. The fraction of sp³-hybridized carbons (Fsp3) is 0.455. The lowest BCUT2D eigenvalue weighted by atomic mass is 10.1. The van der Waals surface area contributed by atoms with Gasteiger partial charge in [0.15, 0.2) is 0 Å². The van der Waals surface area contributed by atoms with E-state index in [4.69, 9.17) is 0 Å². The SMILES string of the molecule is CN(C)S(=O)(=O)NC[C@@H](O)c1cccc(C(F)(F)F)c1. The summed E-state index contributed by atoms with van der Waals surface area (Å²) in [5.74, 6) is 0. The van der Waals surface area contributed by atoms with Gasteiger partial charge in [0.2, 0.25) is 0 Å². The van der Waals surface area contributed by atoms with Crippen molar-refractivity contribution in [2.24, 2.45) is 0 Å². The first-order valence-electron chi connectivity index (χ1n) is 5.56. The van der Waals surface area contributed by atoms with Gasteiger partial charge in [-0.1, -0.05) is 12.1 Å². The molecule has 0 unspecified atom stereocenters. The molecule has 1 aromatic carbocycles. The Kier molecular flexibility index (Phi) is 5.14. The molecule has 0 saturated heterocycles. The van der Waals surface area contributed by atoms with Crippen LogP contribution in [-0.2, 0) is 16.4 Å². The molecular formula is C11H15F3N2O3S. The van der Waals surface area contributed by atoms with Crippen LogP contribution in [0.5, 0.6) is 0 Å². The topological polar surface area (TPSA) is 69.6 Å². The summed E-state index contributed by atoms with van der Waals surface area (Å²) in [6, 6.07) is 4.11. The highest BCUT2D eigenvalue weighted by Crippen LogP contribution is 2.30. The van der Waals surface area contributed by atoms with Crippen LogP contribution in [0.3, 0.4) is 0 Å². The van der Waals surface area contributed by atoms with Gasteiger partial charge in [-0.15, -0.1) is 0 Å². The molecule has 0 radical (unpaired) electrons. The fourth-order valence-corrected chi connectivity index (χ4v) is 1.98. The van der Waals surface area contributed by atoms with Crippen molar-refractivity contribution in [3.8, 4) is 0 Å². The third-order valence-corrected chi connectivity index (χ3v) is 4.03. The van der Waals surface area contributed by atoms with Gasteiger partial charge < -0.3 is 5.11 Å². The number of aliphatic hydroxyl groups excluding tert-OH is 1. The summed E-state index contributed by atoms with van der Waals surface area (Å²) >= 11 is 0. The maximum atomic E-state index is 12.5. The second-order valence-electron chi connectivity index (χ2n) is 4.27. The summed E-state index contributed by atoms with van der Waals surface area (Å²) in [6.07, 6.45) is -5.88. The number of hydrogen-bond acceptors (Lipinski definition) is 3. The number of hydrogen-bond donors (Lipinski definition) is 2. The molecule has 2 N–H and O–H groups in total. The first kappa shape index (κ1) is 16.9. The number of benzene rings is 1. The average molecular weight is 312 g/mol. The molecule has 0 amide bonds. The molecule has 9 heteroatoms. The lowest BCUT2D eigenvalue weighted by Crippen LogP contribution is -2.37. The summed E-state index contributed by atoms with van der Waals surface area (Å²) < 4.78 is 63.3. The predicted molar refractivity (Wildman–Crippen MR) is 67.0 cm³/mol. The monoisotopic (exact) mass is 312 g/mol. The zero-order chi connectivity index (χ0) is 15.6. The molecule has 0 aliphatic heterocycles. The Morgan fingerprint density at radius 1 is 1.35 bits per heavy atom. The van der Waals surface area contributed by atoms with Crippen molar-refractivity contribution in [1.82, 2.24) is 9.03 Å². The van der Waals surface area contributed by atoms with E-state index in [1.807, 2.05) is 0 Å².